The van der Waals surface area contributed by atoms with Gasteiger partial charge in [-0.05, 0) is 43.2 Å². The number of thiophene rings is 1. The summed E-state index contributed by atoms with van der Waals surface area (Å²) in [6.07, 6.45) is -4.79. The number of benzene rings is 1. The largest absolute Gasteiger partial charge is 0.433 e. The molecule has 7 nitrogen and oxygen atoms in total. The van der Waals surface area contributed by atoms with Gasteiger partial charge in [0.05, 0.1) is 22.1 Å². The van der Waals surface area contributed by atoms with Crippen molar-refractivity contribution in [1.29, 1.82) is 0 Å². The third-order valence-electron chi connectivity index (χ3n) is 5.18. The molecular weight excluding hydrogens is 510 g/mol. The number of hydrogen-bond donors (Lipinski definition) is 2. The molecule has 0 bridgehead atoms. The highest BCUT2D eigenvalue weighted by molar-refractivity contribution is 7.21. The molecule has 0 aliphatic carbocycles. The van der Waals surface area contributed by atoms with E-state index in [1.54, 1.807) is 13.8 Å². The number of aromatic nitrogens is 3. The zero-order valence-corrected chi connectivity index (χ0v) is 19.7. The van der Waals surface area contributed by atoms with Gasteiger partial charge in [-0.2, -0.15) is 18.3 Å². The van der Waals surface area contributed by atoms with Crippen LogP contribution in [0.3, 0.4) is 0 Å². The summed E-state index contributed by atoms with van der Waals surface area (Å²) in [7, 11) is 0. The van der Waals surface area contributed by atoms with E-state index >= 15 is 0 Å². The highest BCUT2D eigenvalue weighted by Gasteiger charge is 2.35. The molecule has 0 atom stereocenters. The van der Waals surface area contributed by atoms with E-state index in [0.717, 1.165) is 18.2 Å². The quantitative estimate of drug-likeness (QED) is 0.344. The zero-order valence-electron chi connectivity index (χ0n) is 18.1. The Hall–Kier alpha value is -3.51. The minimum atomic E-state index is -4.79. The van der Waals surface area contributed by atoms with Crippen LogP contribution in [-0.2, 0) is 17.5 Å². The van der Waals surface area contributed by atoms with E-state index in [1.165, 1.54) is 16.8 Å². The van der Waals surface area contributed by atoms with Gasteiger partial charge in [0.2, 0.25) is 5.91 Å². The number of halogens is 5. The van der Waals surface area contributed by atoms with Crippen molar-refractivity contribution in [2.45, 2.75) is 26.6 Å². The van der Waals surface area contributed by atoms with E-state index in [0.29, 0.717) is 27.7 Å². The van der Waals surface area contributed by atoms with Crippen molar-refractivity contribution in [1.82, 2.24) is 14.8 Å². The van der Waals surface area contributed by atoms with Crippen molar-refractivity contribution >= 4 is 50.7 Å². The van der Waals surface area contributed by atoms with Crippen LogP contribution in [0.5, 0.6) is 0 Å². The van der Waals surface area contributed by atoms with Crippen LogP contribution in [0.1, 0.15) is 26.8 Å². The molecule has 0 unspecified atom stereocenters. The molecule has 1 aromatic carbocycles. The molecule has 35 heavy (non-hydrogen) atoms. The lowest BCUT2D eigenvalue weighted by Gasteiger charge is -2.13. The fourth-order valence-corrected chi connectivity index (χ4v) is 4.68. The number of carbonyl (C=O) groups is 2. The van der Waals surface area contributed by atoms with Crippen LogP contribution in [0.15, 0.2) is 30.3 Å². The maximum atomic E-state index is 13.6. The van der Waals surface area contributed by atoms with Crippen LogP contribution in [0.25, 0.3) is 21.3 Å². The van der Waals surface area contributed by atoms with Crippen LogP contribution in [0.4, 0.5) is 23.2 Å². The van der Waals surface area contributed by atoms with Gasteiger partial charge in [0, 0.05) is 5.39 Å². The smallest absolute Gasteiger partial charge is 0.365 e. The standard InChI is InChI=1S/C22H16ClF4N5O2S/c1-9-17(23)10(2)32(31-9)8-15(33)30-18-16-13(11-3-5-12(24)6-4-11)7-14(22(25,26)27)29-21(16)35-19(18)20(28)34/h3-7H,8H2,1-2H3,(H2,28,34)(H,30,33). The molecule has 0 fully saturated rings. The molecule has 3 aromatic heterocycles. The molecule has 3 N–H and O–H groups in total. The molecule has 0 saturated heterocycles. The normalized spacial score (nSPS) is 11.7. The number of primary amides is 1. The van der Waals surface area contributed by atoms with E-state index < -0.39 is 29.5 Å². The first-order valence-electron chi connectivity index (χ1n) is 9.96. The SMILES string of the molecule is Cc1nn(CC(=O)Nc2c(C(N)=O)sc3nc(C(F)(F)F)cc(-c4ccc(F)cc4)c23)c(C)c1Cl. The van der Waals surface area contributed by atoms with Crippen molar-refractivity contribution < 1.29 is 27.2 Å². The van der Waals surface area contributed by atoms with E-state index in [4.69, 9.17) is 17.3 Å². The van der Waals surface area contributed by atoms with Gasteiger partial charge in [0.25, 0.3) is 5.91 Å². The molecule has 3 heterocycles. The monoisotopic (exact) mass is 525 g/mol. The number of fused-ring (bicyclic) bond motifs is 1. The molecule has 0 aliphatic heterocycles. The second kappa shape index (κ2) is 8.93. The summed E-state index contributed by atoms with van der Waals surface area (Å²) in [5, 5.41) is 7.20. The second-order valence-corrected chi connectivity index (χ2v) is 8.98. The average Bonchev–Trinajstić information content (AvgIpc) is 3.26. The molecule has 0 radical (unpaired) electrons. The van der Waals surface area contributed by atoms with E-state index in [-0.39, 0.29) is 38.5 Å². The topological polar surface area (TPSA) is 103 Å². The Bertz CT molecular complexity index is 1480. The number of nitrogens with zero attached hydrogens (tertiary/aromatic N) is 3. The van der Waals surface area contributed by atoms with Crippen LogP contribution >= 0.6 is 22.9 Å². The summed E-state index contributed by atoms with van der Waals surface area (Å²) >= 11 is 6.73. The minimum Gasteiger partial charge on any atom is -0.365 e. The maximum Gasteiger partial charge on any atom is 0.433 e. The van der Waals surface area contributed by atoms with Crippen molar-refractivity contribution in [3.8, 4) is 11.1 Å². The maximum absolute atomic E-state index is 13.6. The summed E-state index contributed by atoms with van der Waals surface area (Å²) in [5.74, 6) is -2.18. The molecule has 4 rings (SSSR count). The Morgan fingerprint density at radius 3 is 2.40 bits per heavy atom. The summed E-state index contributed by atoms with van der Waals surface area (Å²) in [4.78, 5) is 28.3. The lowest BCUT2D eigenvalue weighted by atomic mass is 10.0. The summed E-state index contributed by atoms with van der Waals surface area (Å²) in [5.41, 5.74) is 5.44. The first-order valence-corrected chi connectivity index (χ1v) is 11.2. The molecule has 182 valence electrons. The van der Waals surface area contributed by atoms with Gasteiger partial charge >= 0.3 is 6.18 Å². The number of anilines is 1. The summed E-state index contributed by atoms with van der Waals surface area (Å²) in [6.45, 7) is 3.05. The average molecular weight is 526 g/mol. The number of alkyl halides is 3. The number of hydrogen-bond acceptors (Lipinski definition) is 5. The van der Waals surface area contributed by atoms with Crippen molar-refractivity contribution in [3.63, 3.8) is 0 Å². The van der Waals surface area contributed by atoms with Crippen LogP contribution < -0.4 is 11.1 Å². The van der Waals surface area contributed by atoms with Crippen molar-refractivity contribution in [2.24, 2.45) is 5.73 Å². The van der Waals surface area contributed by atoms with Crippen LogP contribution in [0, 0.1) is 19.7 Å². The molecule has 0 spiro atoms. The zero-order chi connectivity index (χ0) is 25.7. The summed E-state index contributed by atoms with van der Waals surface area (Å²) in [6, 6.07) is 5.52. The van der Waals surface area contributed by atoms with E-state index in [9.17, 15) is 27.2 Å². The Labute approximate surface area is 204 Å². The first kappa shape index (κ1) is 24.6. The Balaban J connectivity index is 1.89. The number of nitrogens with one attached hydrogen (secondary N) is 1. The second-order valence-electron chi connectivity index (χ2n) is 7.60. The fraction of sp³-hybridized carbons (Fsp3) is 0.182. The number of nitrogens with two attached hydrogens (primary N) is 1. The lowest BCUT2D eigenvalue weighted by molar-refractivity contribution is -0.140. The molecule has 13 heteroatoms. The fourth-order valence-electron chi connectivity index (χ4n) is 3.54. The van der Waals surface area contributed by atoms with Gasteiger partial charge in [0.1, 0.15) is 27.8 Å². The first-order chi connectivity index (χ1) is 16.4. The molecule has 4 aromatic rings. The third-order valence-corrected chi connectivity index (χ3v) is 6.83. The molecule has 2 amide bonds. The predicted molar refractivity (Wildman–Crippen MR) is 124 cm³/mol. The van der Waals surface area contributed by atoms with E-state index in [1.807, 2.05) is 0 Å². The number of aryl methyl sites for hydroxylation is 1. The Morgan fingerprint density at radius 2 is 1.86 bits per heavy atom. The number of carbonyl (C=O) groups excluding carboxylic acids is 2. The van der Waals surface area contributed by atoms with Crippen molar-refractivity contribution in [3.05, 3.63) is 63.1 Å². The highest BCUT2D eigenvalue weighted by atomic mass is 35.5. The Kier molecular flexibility index (Phi) is 6.28. The van der Waals surface area contributed by atoms with Crippen LogP contribution in [0.2, 0.25) is 5.02 Å². The molecule has 0 saturated carbocycles. The minimum absolute atomic E-state index is 0.00414. The number of pyridine rings is 1. The van der Waals surface area contributed by atoms with Gasteiger partial charge in [-0.25, -0.2) is 9.37 Å². The predicted octanol–water partition coefficient (Wildman–Crippen LogP) is 5.33. The lowest BCUT2D eigenvalue weighted by Crippen LogP contribution is -2.22. The van der Waals surface area contributed by atoms with Gasteiger partial charge in [0.15, 0.2) is 0 Å². The van der Waals surface area contributed by atoms with Gasteiger partial charge in [-0.15, -0.1) is 11.3 Å². The summed E-state index contributed by atoms with van der Waals surface area (Å²) < 4.78 is 55.5. The van der Waals surface area contributed by atoms with Gasteiger partial charge in [-0.3, -0.25) is 14.3 Å². The van der Waals surface area contributed by atoms with Crippen molar-refractivity contribution in [2.75, 3.05) is 5.32 Å². The van der Waals surface area contributed by atoms with Gasteiger partial charge < -0.3 is 11.1 Å². The van der Waals surface area contributed by atoms with Crippen LogP contribution in [-0.4, -0.2) is 26.6 Å². The molecule has 0 aliphatic rings. The number of amides is 2. The third kappa shape index (κ3) is 4.71. The number of rotatable bonds is 5. The highest BCUT2D eigenvalue weighted by Crippen LogP contribution is 2.43. The van der Waals surface area contributed by atoms with E-state index in [2.05, 4.69) is 15.4 Å². The Morgan fingerprint density at radius 1 is 1.20 bits per heavy atom. The van der Waals surface area contributed by atoms with Gasteiger partial charge in [-0.1, -0.05) is 23.7 Å². The molecular formula is C22H16ClF4N5O2S.